The van der Waals surface area contributed by atoms with E-state index < -0.39 is 6.04 Å². The standard InChI is InChI=1S/C15H28N2O3/c1-3-20-15(19)12-14(13(2)18)16-8-4-5-9-17-10-6-7-11-17/h14,16H,3-12H2,1-2H3. The Morgan fingerprint density at radius 2 is 1.95 bits per heavy atom. The quantitative estimate of drug-likeness (QED) is 0.485. The third-order valence-electron chi connectivity index (χ3n) is 3.66. The van der Waals surface area contributed by atoms with Crippen LogP contribution in [0.1, 0.15) is 46.0 Å². The first-order valence-electron chi connectivity index (χ1n) is 7.75. The van der Waals surface area contributed by atoms with Gasteiger partial charge in [-0.3, -0.25) is 9.59 Å². The molecule has 1 atom stereocenters. The van der Waals surface area contributed by atoms with Gasteiger partial charge >= 0.3 is 5.97 Å². The molecule has 1 fully saturated rings. The molecule has 1 saturated heterocycles. The number of likely N-dealkylation sites (tertiary alicyclic amines) is 1. The van der Waals surface area contributed by atoms with Crippen LogP contribution in [0.5, 0.6) is 0 Å². The normalized spacial score (nSPS) is 17.1. The zero-order valence-electron chi connectivity index (χ0n) is 12.8. The average Bonchev–Trinajstić information content (AvgIpc) is 2.90. The zero-order chi connectivity index (χ0) is 14.8. The molecule has 0 amide bonds. The molecule has 1 N–H and O–H groups in total. The van der Waals surface area contributed by atoms with Crippen molar-refractivity contribution >= 4 is 11.8 Å². The molecule has 116 valence electrons. The lowest BCUT2D eigenvalue weighted by atomic mass is 10.1. The Morgan fingerprint density at radius 3 is 2.55 bits per heavy atom. The van der Waals surface area contributed by atoms with Gasteiger partial charge in [0.2, 0.25) is 0 Å². The van der Waals surface area contributed by atoms with E-state index in [9.17, 15) is 9.59 Å². The van der Waals surface area contributed by atoms with E-state index in [-0.39, 0.29) is 18.2 Å². The fourth-order valence-corrected chi connectivity index (χ4v) is 2.49. The molecule has 1 heterocycles. The lowest BCUT2D eigenvalue weighted by Gasteiger charge is -2.16. The molecule has 0 aromatic heterocycles. The Morgan fingerprint density at radius 1 is 1.25 bits per heavy atom. The van der Waals surface area contributed by atoms with Gasteiger partial charge in [0.05, 0.1) is 19.1 Å². The second-order valence-electron chi connectivity index (χ2n) is 5.38. The van der Waals surface area contributed by atoms with Crippen molar-refractivity contribution in [2.24, 2.45) is 0 Å². The van der Waals surface area contributed by atoms with Crippen LogP contribution in [0.2, 0.25) is 0 Å². The van der Waals surface area contributed by atoms with Crippen molar-refractivity contribution in [3.8, 4) is 0 Å². The molecule has 1 aliphatic rings. The van der Waals surface area contributed by atoms with E-state index in [0.717, 1.165) is 25.9 Å². The predicted molar refractivity (Wildman–Crippen MR) is 78.6 cm³/mol. The number of nitrogens with one attached hydrogen (secondary N) is 1. The summed E-state index contributed by atoms with van der Waals surface area (Å²) in [5.74, 6) is -0.310. The van der Waals surface area contributed by atoms with Gasteiger partial charge in [-0.25, -0.2) is 0 Å². The van der Waals surface area contributed by atoms with Crippen LogP contribution in [0.25, 0.3) is 0 Å². The number of ether oxygens (including phenoxy) is 1. The summed E-state index contributed by atoms with van der Waals surface area (Å²) in [7, 11) is 0. The molecule has 0 aliphatic carbocycles. The number of esters is 1. The minimum atomic E-state index is -0.402. The summed E-state index contributed by atoms with van der Waals surface area (Å²) in [4.78, 5) is 25.4. The van der Waals surface area contributed by atoms with E-state index in [2.05, 4.69) is 10.2 Å². The summed E-state index contributed by atoms with van der Waals surface area (Å²) in [6.07, 6.45) is 4.95. The van der Waals surface area contributed by atoms with Gasteiger partial charge in [0, 0.05) is 0 Å². The van der Waals surface area contributed by atoms with Gasteiger partial charge in [-0.15, -0.1) is 0 Å². The first-order chi connectivity index (χ1) is 9.63. The fourth-order valence-electron chi connectivity index (χ4n) is 2.49. The number of rotatable bonds is 10. The highest BCUT2D eigenvalue weighted by molar-refractivity contribution is 5.86. The van der Waals surface area contributed by atoms with E-state index in [1.807, 2.05) is 0 Å². The van der Waals surface area contributed by atoms with Gasteiger partial charge in [-0.2, -0.15) is 0 Å². The summed E-state index contributed by atoms with van der Waals surface area (Å²) < 4.78 is 4.88. The number of hydrogen-bond acceptors (Lipinski definition) is 5. The molecule has 0 saturated carbocycles. The molecule has 0 aromatic carbocycles. The van der Waals surface area contributed by atoms with Gasteiger partial charge < -0.3 is 15.0 Å². The van der Waals surface area contributed by atoms with Gasteiger partial charge in [-0.05, 0) is 65.7 Å². The number of nitrogens with zero attached hydrogens (tertiary/aromatic N) is 1. The van der Waals surface area contributed by atoms with Gasteiger partial charge in [-0.1, -0.05) is 0 Å². The van der Waals surface area contributed by atoms with E-state index in [1.165, 1.54) is 32.9 Å². The van der Waals surface area contributed by atoms with Crippen molar-refractivity contribution in [3.05, 3.63) is 0 Å². The number of unbranched alkanes of at least 4 members (excludes halogenated alkanes) is 1. The lowest BCUT2D eigenvalue weighted by Crippen LogP contribution is -2.38. The van der Waals surface area contributed by atoms with Gasteiger partial charge in [0.15, 0.2) is 0 Å². The summed E-state index contributed by atoms with van der Waals surface area (Å²) in [5.41, 5.74) is 0. The van der Waals surface area contributed by atoms with Crippen LogP contribution in [-0.2, 0) is 14.3 Å². The van der Waals surface area contributed by atoms with Crippen LogP contribution in [0, 0.1) is 0 Å². The first kappa shape index (κ1) is 17.1. The predicted octanol–water partition coefficient (Wildman–Crippen LogP) is 1.36. The number of ketones is 1. The topological polar surface area (TPSA) is 58.6 Å². The maximum Gasteiger partial charge on any atom is 0.307 e. The maximum absolute atomic E-state index is 11.5. The van der Waals surface area contributed by atoms with Crippen molar-refractivity contribution in [2.75, 3.05) is 32.8 Å². The first-order valence-corrected chi connectivity index (χ1v) is 7.75. The van der Waals surface area contributed by atoms with E-state index in [1.54, 1.807) is 6.92 Å². The fraction of sp³-hybridized carbons (Fsp3) is 0.867. The molecule has 20 heavy (non-hydrogen) atoms. The molecule has 0 spiro atoms. The Balaban J connectivity index is 2.11. The van der Waals surface area contributed by atoms with Crippen LogP contribution < -0.4 is 5.32 Å². The SMILES string of the molecule is CCOC(=O)CC(NCCCCN1CCCC1)C(C)=O. The molecule has 5 heteroatoms. The molecule has 0 bridgehead atoms. The summed E-state index contributed by atoms with van der Waals surface area (Å²) in [6, 6.07) is -0.402. The minimum absolute atomic E-state index is 0.00223. The highest BCUT2D eigenvalue weighted by Crippen LogP contribution is 2.08. The van der Waals surface area contributed by atoms with E-state index >= 15 is 0 Å². The molecular formula is C15H28N2O3. The van der Waals surface area contributed by atoms with Crippen LogP contribution in [0.3, 0.4) is 0 Å². The van der Waals surface area contributed by atoms with Crippen LogP contribution in [0.4, 0.5) is 0 Å². The van der Waals surface area contributed by atoms with Crippen LogP contribution >= 0.6 is 0 Å². The maximum atomic E-state index is 11.5. The molecule has 1 unspecified atom stereocenters. The number of carbonyl (C=O) groups is 2. The molecule has 1 aliphatic heterocycles. The molecule has 0 radical (unpaired) electrons. The van der Waals surface area contributed by atoms with E-state index in [0.29, 0.717) is 6.61 Å². The smallest absolute Gasteiger partial charge is 0.307 e. The van der Waals surface area contributed by atoms with Crippen molar-refractivity contribution < 1.29 is 14.3 Å². The second-order valence-corrected chi connectivity index (χ2v) is 5.38. The summed E-state index contributed by atoms with van der Waals surface area (Å²) in [6.45, 7) is 8.02. The highest BCUT2D eigenvalue weighted by atomic mass is 16.5. The van der Waals surface area contributed by atoms with Gasteiger partial charge in [0.25, 0.3) is 0 Å². The average molecular weight is 284 g/mol. The number of carbonyl (C=O) groups excluding carboxylic acids is 2. The zero-order valence-corrected chi connectivity index (χ0v) is 12.8. The molecule has 5 nitrogen and oxygen atoms in total. The van der Waals surface area contributed by atoms with Crippen LogP contribution in [0.15, 0.2) is 0 Å². The minimum Gasteiger partial charge on any atom is -0.466 e. The highest BCUT2D eigenvalue weighted by Gasteiger charge is 2.18. The third kappa shape index (κ3) is 7.01. The number of Topliss-reactive ketones (excluding diaryl/α,β-unsaturated/α-hetero) is 1. The second kappa shape index (κ2) is 9.88. The Bertz CT molecular complexity index is 301. The van der Waals surface area contributed by atoms with Crippen LogP contribution in [-0.4, -0.2) is 55.5 Å². The monoisotopic (exact) mass is 284 g/mol. The van der Waals surface area contributed by atoms with Gasteiger partial charge in [0.1, 0.15) is 5.78 Å². The Labute approximate surface area is 122 Å². The molecule has 0 aromatic rings. The van der Waals surface area contributed by atoms with Crippen molar-refractivity contribution in [3.63, 3.8) is 0 Å². The molecule has 1 rings (SSSR count). The van der Waals surface area contributed by atoms with Crippen molar-refractivity contribution in [1.29, 1.82) is 0 Å². The lowest BCUT2D eigenvalue weighted by molar-refractivity contribution is -0.145. The Kier molecular flexibility index (Phi) is 8.46. The number of hydrogen-bond donors (Lipinski definition) is 1. The van der Waals surface area contributed by atoms with E-state index in [4.69, 9.17) is 4.74 Å². The van der Waals surface area contributed by atoms with Crippen molar-refractivity contribution in [2.45, 2.75) is 52.0 Å². The van der Waals surface area contributed by atoms with Crippen molar-refractivity contribution in [1.82, 2.24) is 10.2 Å². The molecular weight excluding hydrogens is 256 g/mol. The Hall–Kier alpha value is -0.940. The largest absolute Gasteiger partial charge is 0.466 e. The third-order valence-corrected chi connectivity index (χ3v) is 3.66. The summed E-state index contributed by atoms with van der Waals surface area (Å²) >= 11 is 0. The summed E-state index contributed by atoms with van der Waals surface area (Å²) in [5, 5.41) is 3.17.